The van der Waals surface area contributed by atoms with Crippen LogP contribution in [0.2, 0.25) is 0 Å². The van der Waals surface area contributed by atoms with Crippen molar-refractivity contribution in [1.29, 1.82) is 0 Å². The molecule has 0 aromatic carbocycles. The van der Waals surface area contributed by atoms with E-state index in [9.17, 15) is 0 Å². The van der Waals surface area contributed by atoms with Crippen LogP contribution in [0.4, 0.5) is 0 Å². The number of aromatic amines is 2. The van der Waals surface area contributed by atoms with Crippen molar-refractivity contribution in [3.63, 3.8) is 0 Å². The molecule has 0 unspecified atom stereocenters. The fourth-order valence-electron chi connectivity index (χ4n) is 2.06. The molecule has 0 saturated heterocycles. The first-order valence-corrected chi connectivity index (χ1v) is 7.03. The Balaban J connectivity index is 2.13. The first kappa shape index (κ1) is 10.9. The molecule has 2 N–H and O–H groups in total. The summed E-state index contributed by atoms with van der Waals surface area (Å²) in [5, 5.41) is 2.11. The Morgan fingerprint density at radius 2 is 1.65 bits per heavy atom. The molecule has 17 heavy (non-hydrogen) atoms. The second kappa shape index (κ2) is 4.55. The van der Waals surface area contributed by atoms with Crippen molar-refractivity contribution < 1.29 is 0 Å². The van der Waals surface area contributed by atoms with Crippen LogP contribution in [-0.2, 0) is 0 Å². The van der Waals surface area contributed by atoms with Crippen LogP contribution in [0.5, 0.6) is 0 Å². The zero-order chi connectivity index (χ0) is 11.7. The molecule has 0 aliphatic heterocycles. The van der Waals surface area contributed by atoms with Crippen molar-refractivity contribution in [3.8, 4) is 0 Å². The molecule has 0 radical (unpaired) electrons. The number of nitrogens with one attached hydrogen (secondary N) is 2. The number of aromatic nitrogens is 2. The lowest BCUT2D eigenvalue weighted by Gasteiger charge is -2.14. The molecule has 3 aromatic rings. The van der Waals surface area contributed by atoms with E-state index < -0.39 is 0 Å². The molecule has 0 fully saturated rings. The summed E-state index contributed by atoms with van der Waals surface area (Å²) < 4.78 is 1.19. The highest BCUT2D eigenvalue weighted by Crippen LogP contribution is 2.37. The first-order chi connectivity index (χ1) is 8.36. The standard InChI is InChI=1S/C13H11BrN2S/c14-13-9(5-8-17-13)12(10-3-1-6-15-10)11-4-2-7-16-11/h1-8,12,15-16H. The molecule has 2 nitrogen and oxygen atoms in total. The van der Waals surface area contributed by atoms with Crippen molar-refractivity contribution in [2.75, 3.05) is 0 Å². The Morgan fingerprint density at radius 1 is 1.00 bits per heavy atom. The maximum Gasteiger partial charge on any atom is 0.0741 e. The summed E-state index contributed by atoms with van der Waals surface area (Å²) in [5.74, 6) is 0.237. The molecule has 0 amide bonds. The third kappa shape index (κ3) is 1.98. The first-order valence-electron chi connectivity index (χ1n) is 5.35. The van der Waals surface area contributed by atoms with Crippen LogP contribution in [0.15, 0.2) is 51.9 Å². The maximum absolute atomic E-state index is 3.63. The molecule has 86 valence electrons. The summed E-state index contributed by atoms with van der Waals surface area (Å²) in [5.41, 5.74) is 3.69. The van der Waals surface area contributed by atoms with Gasteiger partial charge in [-0.15, -0.1) is 11.3 Å². The van der Waals surface area contributed by atoms with E-state index in [2.05, 4.69) is 49.5 Å². The van der Waals surface area contributed by atoms with Crippen molar-refractivity contribution in [3.05, 3.63) is 68.8 Å². The molecule has 0 spiro atoms. The lowest BCUT2D eigenvalue weighted by Crippen LogP contribution is -2.03. The third-order valence-corrected chi connectivity index (χ3v) is 4.56. The topological polar surface area (TPSA) is 31.6 Å². The van der Waals surface area contributed by atoms with E-state index in [1.54, 1.807) is 11.3 Å². The third-order valence-electron chi connectivity index (χ3n) is 2.82. The van der Waals surface area contributed by atoms with Crippen LogP contribution in [0.1, 0.15) is 22.9 Å². The lowest BCUT2D eigenvalue weighted by molar-refractivity contribution is 0.899. The SMILES string of the molecule is Brc1sccc1C(c1ccc[nH]1)c1ccc[nH]1. The minimum atomic E-state index is 0.237. The maximum atomic E-state index is 3.63. The molecule has 0 saturated carbocycles. The van der Waals surface area contributed by atoms with E-state index in [1.165, 1.54) is 20.7 Å². The van der Waals surface area contributed by atoms with Crippen molar-refractivity contribution in [2.45, 2.75) is 5.92 Å². The minimum absolute atomic E-state index is 0.237. The summed E-state index contributed by atoms with van der Waals surface area (Å²) in [6.07, 6.45) is 3.93. The summed E-state index contributed by atoms with van der Waals surface area (Å²) in [4.78, 5) is 6.61. The number of rotatable bonds is 3. The molecule has 4 heteroatoms. The molecular formula is C13H11BrN2S. The number of hydrogen-bond acceptors (Lipinski definition) is 1. The Kier molecular flexibility index (Phi) is 2.91. The molecule has 3 heterocycles. The van der Waals surface area contributed by atoms with Gasteiger partial charge in [0.25, 0.3) is 0 Å². The van der Waals surface area contributed by atoms with Gasteiger partial charge in [0.15, 0.2) is 0 Å². The molecule has 0 atom stereocenters. The number of thiophene rings is 1. The fraction of sp³-hybridized carbons (Fsp3) is 0.0769. The minimum Gasteiger partial charge on any atom is -0.364 e. The highest BCUT2D eigenvalue weighted by atomic mass is 79.9. The Bertz CT molecular complexity index is 547. The van der Waals surface area contributed by atoms with Crippen LogP contribution in [0, 0.1) is 0 Å². The number of hydrogen-bond donors (Lipinski definition) is 2. The Hall–Kier alpha value is -1.26. The van der Waals surface area contributed by atoms with Gasteiger partial charge in [0.2, 0.25) is 0 Å². The van der Waals surface area contributed by atoms with Crippen LogP contribution in [0.3, 0.4) is 0 Å². The average Bonchev–Trinajstić information content (AvgIpc) is 3.04. The summed E-state index contributed by atoms with van der Waals surface area (Å²) in [7, 11) is 0. The van der Waals surface area contributed by atoms with Crippen molar-refractivity contribution in [1.82, 2.24) is 9.97 Å². The van der Waals surface area contributed by atoms with Gasteiger partial charge in [-0.3, -0.25) is 0 Å². The predicted octanol–water partition coefficient (Wildman–Crippen LogP) is 4.35. The van der Waals surface area contributed by atoms with E-state index in [0.717, 1.165) is 0 Å². The largest absolute Gasteiger partial charge is 0.364 e. The molecular weight excluding hydrogens is 296 g/mol. The van der Waals surface area contributed by atoms with Gasteiger partial charge in [-0.2, -0.15) is 0 Å². The zero-order valence-electron chi connectivity index (χ0n) is 8.98. The summed E-state index contributed by atoms with van der Waals surface area (Å²) in [6.45, 7) is 0. The second-order valence-corrected chi connectivity index (χ2v) is 6.07. The van der Waals surface area contributed by atoms with Gasteiger partial charge in [-0.25, -0.2) is 0 Å². The van der Waals surface area contributed by atoms with Gasteiger partial charge in [0.1, 0.15) is 0 Å². The normalized spacial score (nSPS) is 11.2. The monoisotopic (exact) mass is 306 g/mol. The van der Waals surface area contributed by atoms with Gasteiger partial charge < -0.3 is 9.97 Å². The Morgan fingerprint density at radius 3 is 2.06 bits per heavy atom. The number of H-pyrrole nitrogens is 2. The quantitative estimate of drug-likeness (QED) is 0.721. The highest BCUT2D eigenvalue weighted by molar-refractivity contribution is 9.11. The second-order valence-electron chi connectivity index (χ2n) is 3.83. The van der Waals surface area contributed by atoms with Crippen LogP contribution in [0.25, 0.3) is 0 Å². The zero-order valence-corrected chi connectivity index (χ0v) is 11.4. The molecule has 0 bridgehead atoms. The highest BCUT2D eigenvalue weighted by Gasteiger charge is 2.21. The van der Waals surface area contributed by atoms with Gasteiger partial charge in [-0.1, -0.05) is 0 Å². The van der Waals surface area contributed by atoms with E-state index in [1.807, 2.05) is 24.5 Å². The number of halogens is 1. The van der Waals surface area contributed by atoms with Gasteiger partial charge in [0, 0.05) is 23.8 Å². The molecule has 3 rings (SSSR count). The fourth-order valence-corrected chi connectivity index (χ4v) is 3.40. The lowest BCUT2D eigenvalue weighted by atomic mass is 9.95. The molecule has 0 aliphatic carbocycles. The van der Waals surface area contributed by atoms with Crippen LogP contribution in [-0.4, -0.2) is 9.97 Å². The van der Waals surface area contributed by atoms with E-state index >= 15 is 0 Å². The van der Waals surface area contributed by atoms with E-state index in [-0.39, 0.29) is 5.92 Å². The molecule has 0 aliphatic rings. The van der Waals surface area contributed by atoms with Crippen LogP contribution >= 0.6 is 27.3 Å². The van der Waals surface area contributed by atoms with E-state index in [0.29, 0.717) is 0 Å². The van der Waals surface area contributed by atoms with Gasteiger partial charge in [0.05, 0.1) is 9.70 Å². The average molecular weight is 307 g/mol. The van der Waals surface area contributed by atoms with Crippen molar-refractivity contribution >= 4 is 27.3 Å². The summed E-state index contributed by atoms with van der Waals surface area (Å²) >= 11 is 5.34. The van der Waals surface area contributed by atoms with Crippen molar-refractivity contribution in [2.24, 2.45) is 0 Å². The predicted molar refractivity (Wildman–Crippen MR) is 74.5 cm³/mol. The van der Waals surface area contributed by atoms with E-state index in [4.69, 9.17) is 0 Å². The van der Waals surface area contributed by atoms with Gasteiger partial charge in [-0.05, 0) is 57.2 Å². The van der Waals surface area contributed by atoms with Crippen LogP contribution < -0.4 is 0 Å². The molecule has 3 aromatic heterocycles. The van der Waals surface area contributed by atoms with Gasteiger partial charge >= 0.3 is 0 Å². The summed E-state index contributed by atoms with van der Waals surface area (Å²) in [6, 6.07) is 10.5. The smallest absolute Gasteiger partial charge is 0.0741 e. The Labute approximate surface area is 112 Å².